The Labute approximate surface area is 85.1 Å². The second kappa shape index (κ2) is 5.25. The minimum atomic E-state index is 0.529. The molecule has 1 atom stereocenters. The Morgan fingerprint density at radius 1 is 1.38 bits per heavy atom. The summed E-state index contributed by atoms with van der Waals surface area (Å²) in [6.45, 7) is 3.24. The Kier molecular flexibility index (Phi) is 4.26. The largest absolute Gasteiger partial charge is 0.320 e. The highest BCUT2D eigenvalue weighted by molar-refractivity contribution is 6.31. The Morgan fingerprint density at radius 2 is 2.08 bits per heavy atom. The highest BCUT2D eigenvalue weighted by atomic mass is 35.5. The maximum atomic E-state index is 6.08. The molecule has 0 unspecified atom stereocenters. The van der Waals surface area contributed by atoms with Crippen molar-refractivity contribution in [2.75, 3.05) is 13.6 Å². The van der Waals surface area contributed by atoms with Crippen LogP contribution in [-0.2, 0) is 0 Å². The molecule has 1 aromatic rings. The molecule has 72 valence electrons. The molecular formula is C11H16ClN. The Morgan fingerprint density at radius 3 is 2.69 bits per heavy atom. The highest BCUT2D eigenvalue weighted by Gasteiger charge is 2.07. The minimum absolute atomic E-state index is 0.529. The molecule has 0 saturated carbocycles. The lowest BCUT2D eigenvalue weighted by Gasteiger charge is -2.12. The molecular weight excluding hydrogens is 182 g/mol. The lowest BCUT2D eigenvalue weighted by atomic mass is 9.98. The summed E-state index contributed by atoms with van der Waals surface area (Å²) in [5, 5.41) is 4.03. The zero-order valence-electron chi connectivity index (χ0n) is 8.18. The molecule has 0 bridgehead atoms. The van der Waals surface area contributed by atoms with Crippen LogP contribution in [0.4, 0.5) is 0 Å². The molecule has 0 amide bonds. The van der Waals surface area contributed by atoms with Gasteiger partial charge < -0.3 is 5.32 Å². The molecule has 0 spiro atoms. The predicted octanol–water partition coefficient (Wildman–Crippen LogP) is 3.05. The summed E-state index contributed by atoms with van der Waals surface area (Å²) in [5.74, 6) is 0.529. The molecule has 1 nitrogen and oxygen atoms in total. The third kappa shape index (κ3) is 3.02. The Balaban J connectivity index is 2.65. The SMILES string of the molecule is CNCC[C@H](C)c1ccccc1Cl. The number of hydrogen-bond acceptors (Lipinski definition) is 1. The van der Waals surface area contributed by atoms with Crippen molar-refractivity contribution in [2.24, 2.45) is 0 Å². The first-order valence-electron chi connectivity index (χ1n) is 4.64. The maximum Gasteiger partial charge on any atom is 0.0440 e. The van der Waals surface area contributed by atoms with Crippen molar-refractivity contribution in [1.29, 1.82) is 0 Å². The number of halogens is 1. The molecule has 0 aromatic heterocycles. The first-order chi connectivity index (χ1) is 6.25. The number of benzene rings is 1. The topological polar surface area (TPSA) is 12.0 Å². The highest BCUT2D eigenvalue weighted by Crippen LogP contribution is 2.25. The van der Waals surface area contributed by atoms with Crippen LogP contribution in [0, 0.1) is 0 Å². The van der Waals surface area contributed by atoms with E-state index in [4.69, 9.17) is 11.6 Å². The van der Waals surface area contributed by atoms with Crippen molar-refractivity contribution >= 4 is 11.6 Å². The summed E-state index contributed by atoms with van der Waals surface area (Å²) in [5.41, 5.74) is 1.25. The van der Waals surface area contributed by atoms with Gasteiger partial charge in [0.1, 0.15) is 0 Å². The molecule has 13 heavy (non-hydrogen) atoms. The third-order valence-corrected chi connectivity index (χ3v) is 2.61. The fraction of sp³-hybridized carbons (Fsp3) is 0.455. The van der Waals surface area contributed by atoms with Crippen LogP contribution in [0.1, 0.15) is 24.8 Å². The smallest absolute Gasteiger partial charge is 0.0440 e. The van der Waals surface area contributed by atoms with Gasteiger partial charge in [0.25, 0.3) is 0 Å². The van der Waals surface area contributed by atoms with E-state index in [1.54, 1.807) is 0 Å². The van der Waals surface area contributed by atoms with Gasteiger partial charge in [-0.1, -0.05) is 36.7 Å². The molecule has 0 fully saturated rings. The normalized spacial score (nSPS) is 12.8. The molecule has 0 heterocycles. The lowest BCUT2D eigenvalue weighted by molar-refractivity contribution is 0.636. The molecule has 0 aliphatic carbocycles. The lowest BCUT2D eigenvalue weighted by Crippen LogP contribution is -2.10. The van der Waals surface area contributed by atoms with Gasteiger partial charge in [-0.25, -0.2) is 0 Å². The molecule has 1 rings (SSSR count). The molecule has 2 heteroatoms. The first-order valence-corrected chi connectivity index (χ1v) is 5.02. The van der Waals surface area contributed by atoms with Gasteiger partial charge in [-0.3, -0.25) is 0 Å². The van der Waals surface area contributed by atoms with E-state index in [9.17, 15) is 0 Å². The molecule has 1 N–H and O–H groups in total. The molecule has 1 aromatic carbocycles. The van der Waals surface area contributed by atoms with Gasteiger partial charge >= 0.3 is 0 Å². The van der Waals surface area contributed by atoms with E-state index in [2.05, 4.69) is 18.3 Å². The number of nitrogens with one attached hydrogen (secondary N) is 1. The van der Waals surface area contributed by atoms with Crippen LogP contribution in [0.15, 0.2) is 24.3 Å². The van der Waals surface area contributed by atoms with E-state index in [1.165, 1.54) is 5.56 Å². The minimum Gasteiger partial charge on any atom is -0.320 e. The summed E-state index contributed by atoms with van der Waals surface area (Å²) in [7, 11) is 1.97. The van der Waals surface area contributed by atoms with Gasteiger partial charge in [-0.15, -0.1) is 0 Å². The quantitative estimate of drug-likeness (QED) is 0.783. The summed E-state index contributed by atoms with van der Waals surface area (Å²) < 4.78 is 0. The summed E-state index contributed by atoms with van der Waals surface area (Å²) in [6, 6.07) is 8.06. The van der Waals surface area contributed by atoms with E-state index >= 15 is 0 Å². The van der Waals surface area contributed by atoms with Gasteiger partial charge in [-0.05, 0) is 37.6 Å². The fourth-order valence-electron chi connectivity index (χ4n) is 1.39. The standard InChI is InChI=1S/C11H16ClN/c1-9(7-8-13-2)10-5-3-4-6-11(10)12/h3-6,9,13H,7-8H2,1-2H3/t9-/m0/s1. The van der Waals surface area contributed by atoms with Crippen molar-refractivity contribution in [3.63, 3.8) is 0 Å². The Hall–Kier alpha value is -0.530. The first kappa shape index (κ1) is 10.6. The van der Waals surface area contributed by atoms with Gasteiger partial charge in [-0.2, -0.15) is 0 Å². The van der Waals surface area contributed by atoms with E-state index < -0.39 is 0 Å². The van der Waals surface area contributed by atoms with Crippen LogP contribution in [0.3, 0.4) is 0 Å². The monoisotopic (exact) mass is 197 g/mol. The van der Waals surface area contributed by atoms with Crippen LogP contribution in [0.5, 0.6) is 0 Å². The summed E-state index contributed by atoms with van der Waals surface area (Å²) >= 11 is 6.08. The van der Waals surface area contributed by atoms with E-state index in [-0.39, 0.29) is 0 Å². The van der Waals surface area contributed by atoms with Crippen molar-refractivity contribution in [3.05, 3.63) is 34.9 Å². The fourth-order valence-corrected chi connectivity index (χ4v) is 1.71. The average molecular weight is 198 g/mol. The molecule has 0 aliphatic heterocycles. The van der Waals surface area contributed by atoms with E-state index in [0.29, 0.717) is 5.92 Å². The molecule has 0 aliphatic rings. The third-order valence-electron chi connectivity index (χ3n) is 2.26. The summed E-state index contributed by atoms with van der Waals surface area (Å²) in [6.07, 6.45) is 1.13. The zero-order chi connectivity index (χ0) is 9.68. The van der Waals surface area contributed by atoms with Crippen LogP contribution in [-0.4, -0.2) is 13.6 Å². The second-order valence-electron chi connectivity index (χ2n) is 3.31. The average Bonchev–Trinajstić information content (AvgIpc) is 2.15. The van der Waals surface area contributed by atoms with E-state index in [1.807, 2.05) is 25.2 Å². The van der Waals surface area contributed by atoms with Crippen LogP contribution in [0.2, 0.25) is 5.02 Å². The van der Waals surface area contributed by atoms with Crippen LogP contribution >= 0.6 is 11.6 Å². The van der Waals surface area contributed by atoms with Crippen molar-refractivity contribution in [3.8, 4) is 0 Å². The van der Waals surface area contributed by atoms with Gasteiger partial charge in [0.05, 0.1) is 0 Å². The molecule has 0 saturated heterocycles. The zero-order valence-corrected chi connectivity index (χ0v) is 8.93. The predicted molar refractivity (Wildman–Crippen MR) is 58.4 cm³/mol. The van der Waals surface area contributed by atoms with Crippen LogP contribution in [0.25, 0.3) is 0 Å². The van der Waals surface area contributed by atoms with Crippen molar-refractivity contribution in [2.45, 2.75) is 19.3 Å². The number of hydrogen-bond donors (Lipinski definition) is 1. The van der Waals surface area contributed by atoms with Crippen molar-refractivity contribution < 1.29 is 0 Å². The van der Waals surface area contributed by atoms with E-state index in [0.717, 1.165) is 18.0 Å². The number of rotatable bonds is 4. The van der Waals surface area contributed by atoms with Gasteiger partial charge in [0, 0.05) is 5.02 Å². The molecule has 0 radical (unpaired) electrons. The van der Waals surface area contributed by atoms with Crippen molar-refractivity contribution in [1.82, 2.24) is 5.32 Å². The summed E-state index contributed by atoms with van der Waals surface area (Å²) in [4.78, 5) is 0. The van der Waals surface area contributed by atoms with Gasteiger partial charge in [0.15, 0.2) is 0 Å². The second-order valence-corrected chi connectivity index (χ2v) is 3.72. The Bertz CT molecular complexity index is 260. The maximum absolute atomic E-state index is 6.08. The van der Waals surface area contributed by atoms with Gasteiger partial charge in [0.2, 0.25) is 0 Å². The van der Waals surface area contributed by atoms with Crippen LogP contribution < -0.4 is 5.32 Å².